The van der Waals surface area contributed by atoms with Gasteiger partial charge >= 0.3 is 0 Å². The maximum absolute atomic E-state index is 9.58. The zero-order valence-corrected chi connectivity index (χ0v) is 7.78. The molecule has 2 rings (SSSR count). The molecule has 1 aromatic carbocycles. The third-order valence-electron chi connectivity index (χ3n) is 2.46. The number of hydrogen-bond acceptors (Lipinski definition) is 4. The van der Waals surface area contributed by atoms with Crippen LogP contribution in [-0.4, -0.2) is 27.6 Å². The lowest BCUT2D eigenvalue weighted by Crippen LogP contribution is -2.09. The number of rotatable bonds is 0. The SMILES string of the molecule is CC1=NCCc2c1cc(O)c(O)c2O. The quantitative estimate of drug-likeness (QED) is 0.541. The molecule has 4 heteroatoms. The van der Waals surface area contributed by atoms with Crippen LogP contribution in [0.1, 0.15) is 18.1 Å². The summed E-state index contributed by atoms with van der Waals surface area (Å²) < 4.78 is 0. The van der Waals surface area contributed by atoms with Gasteiger partial charge in [-0.3, -0.25) is 4.99 Å². The van der Waals surface area contributed by atoms with Gasteiger partial charge in [0.25, 0.3) is 0 Å². The molecule has 0 aliphatic carbocycles. The highest BCUT2D eigenvalue weighted by atomic mass is 16.3. The summed E-state index contributed by atoms with van der Waals surface area (Å²) in [5, 5.41) is 28.2. The van der Waals surface area contributed by atoms with Gasteiger partial charge in [0.05, 0.1) is 0 Å². The van der Waals surface area contributed by atoms with Crippen LogP contribution in [0, 0.1) is 0 Å². The third kappa shape index (κ3) is 1.11. The van der Waals surface area contributed by atoms with Crippen molar-refractivity contribution in [2.45, 2.75) is 13.3 Å². The van der Waals surface area contributed by atoms with Gasteiger partial charge in [0.2, 0.25) is 5.75 Å². The fourth-order valence-corrected chi connectivity index (χ4v) is 1.68. The van der Waals surface area contributed by atoms with Crippen molar-refractivity contribution in [3.63, 3.8) is 0 Å². The van der Waals surface area contributed by atoms with Gasteiger partial charge in [-0.2, -0.15) is 0 Å². The maximum atomic E-state index is 9.58. The summed E-state index contributed by atoms with van der Waals surface area (Å²) in [6, 6.07) is 1.43. The molecule has 0 bridgehead atoms. The molecule has 4 nitrogen and oxygen atoms in total. The van der Waals surface area contributed by atoms with Crippen LogP contribution in [-0.2, 0) is 6.42 Å². The number of phenols is 3. The summed E-state index contributed by atoms with van der Waals surface area (Å²) in [4.78, 5) is 4.20. The zero-order chi connectivity index (χ0) is 10.3. The standard InChI is InChI=1S/C10H11NO3/c1-5-7-4-8(12)10(14)9(13)6(7)2-3-11-5/h4,12-14H,2-3H2,1H3. The van der Waals surface area contributed by atoms with Gasteiger partial charge in [-0.15, -0.1) is 0 Å². The first-order chi connectivity index (χ1) is 6.61. The molecule has 1 aromatic rings. The Labute approximate surface area is 81.2 Å². The van der Waals surface area contributed by atoms with E-state index in [1.54, 1.807) is 0 Å². The molecule has 0 atom stereocenters. The van der Waals surface area contributed by atoms with Crippen LogP contribution in [0.2, 0.25) is 0 Å². The first-order valence-corrected chi connectivity index (χ1v) is 4.39. The van der Waals surface area contributed by atoms with E-state index in [4.69, 9.17) is 0 Å². The highest BCUT2D eigenvalue weighted by Crippen LogP contribution is 2.40. The number of benzene rings is 1. The van der Waals surface area contributed by atoms with Crippen molar-refractivity contribution >= 4 is 5.71 Å². The molecular weight excluding hydrogens is 182 g/mol. The Balaban J connectivity index is 2.72. The molecule has 0 unspecified atom stereocenters. The summed E-state index contributed by atoms with van der Waals surface area (Å²) in [5.74, 6) is -0.981. The summed E-state index contributed by atoms with van der Waals surface area (Å²) in [7, 11) is 0. The third-order valence-corrected chi connectivity index (χ3v) is 2.46. The van der Waals surface area contributed by atoms with Crippen LogP contribution < -0.4 is 0 Å². The molecule has 0 saturated heterocycles. The van der Waals surface area contributed by atoms with Crippen LogP contribution in [0.15, 0.2) is 11.1 Å². The molecule has 0 aromatic heterocycles. The molecule has 1 heterocycles. The van der Waals surface area contributed by atoms with E-state index in [1.165, 1.54) is 6.07 Å². The van der Waals surface area contributed by atoms with Gasteiger partial charge in [-0.05, 0) is 19.4 Å². The van der Waals surface area contributed by atoms with Crippen LogP contribution in [0.25, 0.3) is 0 Å². The minimum absolute atomic E-state index is 0.228. The van der Waals surface area contributed by atoms with Crippen molar-refractivity contribution in [3.05, 3.63) is 17.2 Å². The minimum Gasteiger partial charge on any atom is -0.504 e. The second-order valence-corrected chi connectivity index (χ2v) is 3.34. The van der Waals surface area contributed by atoms with E-state index < -0.39 is 5.75 Å². The number of aliphatic imine (C=N–C) groups is 1. The second-order valence-electron chi connectivity index (χ2n) is 3.34. The number of hydrogen-bond donors (Lipinski definition) is 3. The van der Waals surface area contributed by atoms with Gasteiger partial charge < -0.3 is 15.3 Å². The Kier molecular flexibility index (Phi) is 1.84. The van der Waals surface area contributed by atoms with Crippen molar-refractivity contribution in [1.82, 2.24) is 0 Å². The Bertz CT molecular complexity index is 424. The minimum atomic E-state index is -0.446. The molecule has 0 fully saturated rings. The Morgan fingerprint density at radius 3 is 2.64 bits per heavy atom. The Morgan fingerprint density at radius 2 is 1.93 bits per heavy atom. The molecule has 0 spiro atoms. The number of nitrogens with zero attached hydrogens (tertiary/aromatic N) is 1. The first kappa shape index (κ1) is 8.87. The highest BCUT2D eigenvalue weighted by Gasteiger charge is 2.20. The van der Waals surface area contributed by atoms with E-state index in [1.807, 2.05) is 6.92 Å². The van der Waals surface area contributed by atoms with E-state index in [0.29, 0.717) is 24.1 Å². The van der Waals surface area contributed by atoms with Crippen LogP contribution in [0.4, 0.5) is 0 Å². The topological polar surface area (TPSA) is 73.1 Å². The van der Waals surface area contributed by atoms with Crippen molar-refractivity contribution in [2.75, 3.05) is 6.54 Å². The van der Waals surface area contributed by atoms with Crippen molar-refractivity contribution in [1.29, 1.82) is 0 Å². The molecule has 14 heavy (non-hydrogen) atoms. The normalized spacial score (nSPS) is 14.8. The van der Waals surface area contributed by atoms with Crippen molar-refractivity contribution < 1.29 is 15.3 Å². The van der Waals surface area contributed by atoms with E-state index in [0.717, 1.165) is 5.71 Å². The van der Waals surface area contributed by atoms with Crippen LogP contribution >= 0.6 is 0 Å². The van der Waals surface area contributed by atoms with Gasteiger partial charge in [-0.25, -0.2) is 0 Å². The van der Waals surface area contributed by atoms with Crippen LogP contribution in [0.3, 0.4) is 0 Å². The lowest BCUT2D eigenvalue weighted by Gasteiger charge is -2.16. The maximum Gasteiger partial charge on any atom is 0.200 e. The average molecular weight is 193 g/mol. The second kappa shape index (κ2) is 2.90. The monoisotopic (exact) mass is 193 g/mol. The van der Waals surface area contributed by atoms with Crippen molar-refractivity contribution in [3.8, 4) is 17.2 Å². The first-order valence-electron chi connectivity index (χ1n) is 4.39. The fourth-order valence-electron chi connectivity index (χ4n) is 1.68. The van der Waals surface area contributed by atoms with E-state index in [2.05, 4.69) is 4.99 Å². The largest absolute Gasteiger partial charge is 0.504 e. The molecule has 3 N–H and O–H groups in total. The molecular formula is C10H11NO3. The molecule has 1 aliphatic rings. The molecule has 0 saturated carbocycles. The smallest absolute Gasteiger partial charge is 0.200 e. The van der Waals surface area contributed by atoms with Crippen LogP contribution in [0.5, 0.6) is 17.2 Å². The fraction of sp³-hybridized carbons (Fsp3) is 0.300. The molecule has 1 aliphatic heterocycles. The van der Waals surface area contributed by atoms with E-state index >= 15 is 0 Å². The Hall–Kier alpha value is -1.71. The van der Waals surface area contributed by atoms with E-state index in [-0.39, 0.29) is 11.5 Å². The van der Waals surface area contributed by atoms with Gasteiger partial charge in [0.1, 0.15) is 0 Å². The summed E-state index contributed by atoms with van der Waals surface area (Å²) in [6.45, 7) is 2.42. The predicted octanol–water partition coefficient (Wildman–Crippen LogP) is 1.17. The summed E-state index contributed by atoms with van der Waals surface area (Å²) in [6.07, 6.45) is 0.590. The average Bonchev–Trinajstić information content (AvgIpc) is 2.17. The molecule has 0 radical (unpaired) electrons. The van der Waals surface area contributed by atoms with Crippen molar-refractivity contribution in [2.24, 2.45) is 4.99 Å². The lowest BCUT2D eigenvalue weighted by molar-refractivity contribution is 0.364. The number of fused-ring (bicyclic) bond motifs is 1. The predicted molar refractivity (Wildman–Crippen MR) is 52.2 cm³/mol. The van der Waals surface area contributed by atoms with Gasteiger partial charge in [0, 0.05) is 23.4 Å². The highest BCUT2D eigenvalue weighted by molar-refractivity contribution is 6.02. The Morgan fingerprint density at radius 1 is 1.21 bits per heavy atom. The summed E-state index contributed by atoms with van der Waals surface area (Å²) >= 11 is 0. The number of phenolic OH excluding ortho intramolecular Hbond substituents is 3. The molecule has 0 amide bonds. The van der Waals surface area contributed by atoms with Gasteiger partial charge in [-0.1, -0.05) is 0 Å². The zero-order valence-electron chi connectivity index (χ0n) is 7.78. The van der Waals surface area contributed by atoms with Gasteiger partial charge in [0.15, 0.2) is 11.5 Å². The van der Waals surface area contributed by atoms with E-state index in [9.17, 15) is 15.3 Å². The summed E-state index contributed by atoms with van der Waals surface area (Å²) in [5.41, 5.74) is 2.15. The molecule has 74 valence electrons. The lowest BCUT2D eigenvalue weighted by atomic mass is 9.96. The number of aromatic hydroxyl groups is 3.